The minimum Gasteiger partial charge on any atom is -0.454 e. The second kappa shape index (κ2) is 8.34. The van der Waals surface area contributed by atoms with Gasteiger partial charge in [0.15, 0.2) is 11.5 Å². The molecule has 0 saturated carbocycles. The number of benzene rings is 2. The minimum atomic E-state index is -0.709. The Bertz CT molecular complexity index is 1290. The molecule has 0 bridgehead atoms. The van der Waals surface area contributed by atoms with Crippen LogP contribution in [0.2, 0.25) is 0 Å². The van der Waals surface area contributed by atoms with Crippen molar-refractivity contribution in [1.82, 2.24) is 14.5 Å². The van der Waals surface area contributed by atoms with Crippen molar-refractivity contribution in [3.8, 4) is 11.5 Å². The van der Waals surface area contributed by atoms with Gasteiger partial charge in [-0.15, -0.1) is 0 Å². The Morgan fingerprint density at radius 1 is 1.03 bits per heavy atom. The first-order valence-electron chi connectivity index (χ1n) is 9.60. The fraction of sp³-hybridized carbons (Fsp3) is 0.238. The average Bonchev–Trinajstić information content (AvgIpc) is 3.23. The van der Waals surface area contributed by atoms with E-state index in [9.17, 15) is 19.2 Å². The summed E-state index contributed by atoms with van der Waals surface area (Å²) in [7, 11) is 0. The van der Waals surface area contributed by atoms with Crippen LogP contribution in [0.1, 0.15) is 12.0 Å². The molecule has 4 rings (SSSR count). The van der Waals surface area contributed by atoms with E-state index in [1.165, 1.54) is 0 Å². The highest BCUT2D eigenvalue weighted by molar-refractivity contribution is 5.81. The fourth-order valence-electron chi connectivity index (χ4n) is 3.43. The number of rotatable bonds is 7. The van der Waals surface area contributed by atoms with Crippen molar-refractivity contribution in [3.63, 3.8) is 0 Å². The molecule has 160 valence electrons. The summed E-state index contributed by atoms with van der Waals surface area (Å²) >= 11 is 0. The number of aromatic nitrogens is 2. The SMILES string of the molecule is NC(=O)Cn1c(=O)n(CCC(=O)NCc2ccc3c(c2)OCO3)c(=O)c2ccccc21. The lowest BCUT2D eigenvalue weighted by atomic mass is 10.2. The van der Waals surface area contributed by atoms with E-state index in [4.69, 9.17) is 15.2 Å². The monoisotopic (exact) mass is 424 g/mol. The normalized spacial score (nSPS) is 12.1. The molecule has 1 aliphatic heterocycles. The fourth-order valence-corrected chi connectivity index (χ4v) is 3.43. The van der Waals surface area contributed by atoms with Crippen LogP contribution in [0.25, 0.3) is 10.9 Å². The van der Waals surface area contributed by atoms with Crippen molar-refractivity contribution < 1.29 is 19.1 Å². The smallest absolute Gasteiger partial charge is 0.331 e. The van der Waals surface area contributed by atoms with E-state index in [-0.39, 0.29) is 44.1 Å². The van der Waals surface area contributed by atoms with Gasteiger partial charge in [-0.05, 0) is 29.8 Å². The zero-order chi connectivity index (χ0) is 22.0. The molecule has 1 aromatic heterocycles. The van der Waals surface area contributed by atoms with E-state index >= 15 is 0 Å². The number of carbonyl (C=O) groups is 2. The van der Waals surface area contributed by atoms with Gasteiger partial charge in [-0.25, -0.2) is 4.79 Å². The van der Waals surface area contributed by atoms with Gasteiger partial charge >= 0.3 is 5.69 Å². The van der Waals surface area contributed by atoms with Crippen molar-refractivity contribution >= 4 is 22.7 Å². The Kier molecular flexibility index (Phi) is 5.44. The summed E-state index contributed by atoms with van der Waals surface area (Å²) in [5.41, 5.74) is 5.19. The van der Waals surface area contributed by atoms with E-state index in [2.05, 4.69) is 5.32 Å². The van der Waals surface area contributed by atoms with Gasteiger partial charge in [0.25, 0.3) is 5.56 Å². The van der Waals surface area contributed by atoms with Crippen molar-refractivity contribution in [3.05, 3.63) is 68.9 Å². The molecule has 3 N–H and O–H groups in total. The lowest BCUT2D eigenvalue weighted by Crippen LogP contribution is -2.42. The standard InChI is InChI=1S/C21H20N4O6/c22-18(26)11-25-15-4-2-1-3-14(15)20(28)24(21(25)29)8-7-19(27)23-10-13-5-6-16-17(9-13)31-12-30-16/h1-6,9H,7-8,10-12H2,(H2,22,26)(H,23,27). The lowest BCUT2D eigenvalue weighted by Gasteiger charge is -2.13. The Balaban J connectivity index is 1.49. The molecule has 0 atom stereocenters. The van der Waals surface area contributed by atoms with Crippen molar-refractivity contribution in [2.24, 2.45) is 5.73 Å². The number of nitrogens with two attached hydrogens (primary N) is 1. The summed E-state index contributed by atoms with van der Waals surface area (Å²) in [4.78, 5) is 49.3. The van der Waals surface area contributed by atoms with Gasteiger partial charge in [0.1, 0.15) is 6.54 Å². The molecule has 0 fully saturated rings. The zero-order valence-electron chi connectivity index (χ0n) is 16.5. The first-order valence-corrected chi connectivity index (χ1v) is 9.60. The molecule has 1 aliphatic rings. The third-order valence-corrected chi connectivity index (χ3v) is 4.94. The summed E-state index contributed by atoms with van der Waals surface area (Å²) in [6.45, 7) is -0.0723. The number of ether oxygens (including phenoxy) is 2. The third-order valence-electron chi connectivity index (χ3n) is 4.94. The van der Waals surface area contributed by atoms with Crippen LogP contribution in [0.3, 0.4) is 0 Å². The highest BCUT2D eigenvalue weighted by atomic mass is 16.7. The van der Waals surface area contributed by atoms with E-state index in [0.29, 0.717) is 17.0 Å². The number of carbonyl (C=O) groups excluding carboxylic acids is 2. The van der Waals surface area contributed by atoms with E-state index < -0.39 is 17.2 Å². The van der Waals surface area contributed by atoms with Gasteiger partial charge in [0.05, 0.1) is 10.9 Å². The number of fused-ring (bicyclic) bond motifs is 2. The van der Waals surface area contributed by atoms with Gasteiger partial charge < -0.3 is 20.5 Å². The zero-order valence-corrected chi connectivity index (χ0v) is 16.5. The van der Waals surface area contributed by atoms with Crippen LogP contribution in [-0.2, 0) is 29.2 Å². The largest absolute Gasteiger partial charge is 0.454 e. The van der Waals surface area contributed by atoms with Crippen molar-refractivity contribution in [2.45, 2.75) is 26.1 Å². The maximum Gasteiger partial charge on any atom is 0.331 e. The Hall–Kier alpha value is -4.08. The number of nitrogens with one attached hydrogen (secondary N) is 1. The molecule has 2 heterocycles. The van der Waals surface area contributed by atoms with Gasteiger partial charge in [-0.1, -0.05) is 18.2 Å². The number of nitrogens with zero attached hydrogens (tertiary/aromatic N) is 2. The average molecular weight is 424 g/mol. The molecule has 0 aliphatic carbocycles. The Morgan fingerprint density at radius 3 is 2.61 bits per heavy atom. The number of para-hydroxylation sites is 1. The topological polar surface area (TPSA) is 135 Å². The van der Waals surface area contributed by atoms with Gasteiger partial charge in [0, 0.05) is 19.5 Å². The van der Waals surface area contributed by atoms with Crippen LogP contribution in [0.15, 0.2) is 52.1 Å². The maximum absolute atomic E-state index is 12.8. The molecule has 2 amide bonds. The van der Waals surface area contributed by atoms with Gasteiger partial charge in [0.2, 0.25) is 18.6 Å². The molecule has 0 spiro atoms. The van der Waals surface area contributed by atoms with Gasteiger partial charge in [-0.3, -0.25) is 23.5 Å². The summed E-state index contributed by atoms with van der Waals surface area (Å²) in [5, 5.41) is 3.02. The lowest BCUT2D eigenvalue weighted by molar-refractivity contribution is -0.121. The second-order valence-electron chi connectivity index (χ2n) is 7.02. The second-order valence-corrected chi connectivity index (χ2v) is 7.02. The summed E-state index contributed by atoms with van der Waals surface area (Å²) in [6, 6.07) is 11.8. The molecule has 0 unspecified atom stereocenters. The summed E-state index contributed by atoms with van der Waals surface area (Å²) in [5.74, 6) is 0.222. The van der Waals surface area contributed by atoms with Gasteiger partial charge in [-0.2, -0.15) is 0 Å². The molecule has 10 nitrogen and oxygen atoms in total. The summed E-state index contributed by atoms with van der Waals surface area (Å²) in [6.07, 6.45) is -0.0887. The Morgan fingerprint density at radius 2 is 1.81 bits per heavy atom. The molecule has 2 aromatic carbocycles. The highest BCUT2D eigenvalue weighted by Gasteiger charge is 2.16. The maximum atomic E-state index is 12.8. The minimum absolute atomic E-state index is 0.0887. The predicted octanol–water partition coefficient (Wildman–Crippen LogP) is 0.0837. The number of primary amides is 1. The van der Waals surface area contributed by atoms with Crippen LogP contribution in [-0.4, -0.2) is 27.7 Å². The van der Waals surface area contributed by atoms with E-state index in [1.807, 2.05) is 6.07 Å². The van der Waals surface area contributed by atoms with E-state index in [0.717, 1.165) is 14.7 Å². The number of hydrogen-bond acceptors (Lipinski definition) is 6. The molecule has 31 heavy (non-hydrogen) atoms. The van der Waals surface area contributed by atoms with Crippen molar-refractivity contribution in [1.29, 1.82) is 0 Å². The first kappa shape index (κ1) is 20.2. The summed E-state index contributed by atoms with van der Waals surface area (Å²) < 4.78 is 12.7. The molecule has 10 heteroatoms. The first-order chi connectivity index (χ1) is 14.9. The van der Waals surface area contributed by atoms with Crippen LogP contribution >= 0.6 is 0 Å². The molecule has 0 saturated heterocycles. The molecule has 3 aromatic rings. The van der Waals surface area contributed by atoms with Crippen LogP contribution in [0.4, 0.5) is 0 Å². The molecule has 0 radical (unpaired) electrons. The number of hydrogen-bond donors (Lipinski definition) is 2. The predicted molar refractivity (Wildman–Crippen MR) is 111 cm³/mol. The molecular weight excluding hydrogens is 404 g/mol. The van der Waals surface area contributed by atoms with Crippen LogP contribution < -0.4 is 31.8 Å². The van der Waals surface area contributed by atoms with E-state index in [1.54, 1.807) is 36.4 Å². The third kappa shape index (κ3) is 4.13. The van der Waals surface area contributed by atoms with Crippen LogP contribution in [0.5, 0.6) is 11.5 Å². The Labute approximate surface area is 175 Å². The molecular formula is C21H20N4O6. The van der Waals surface area contributed by atoms with Crippen molar-refractivity contribution in [2.75, 3.05) is 6.79 Å². The quantitative estimate of drug-likeness (QED) is 0.552. The highest BCUT2D eigenvalue weighted by Crippen LogP contribution is 2.32. The van der Waals surface area contributed by atoms with Crippen LogP contribution in [0, 0.1) is 0 Å². The number of amides is 2.